The Labute approximate surface area is 160 Å². The van der Waals surface area contributed by atoms with Crippen molar-refractivity contribution < 1.29 is 4.79 Å². The molecule has 0 bridgehead atoms. The van der Waals surface area contributed by atoms with E-state index in [1.54, 1.807) is 11.3 Å². The summed E-state index contributed by atoms with van der Waals surface area (Å²) in [6.45, 7) is 2.29. The normalized spacial score (nSPS) is 16.4. The Morgan fingerprint density at radius 3 is 2.96 bits per heavy atom. The number of nitrogens with one attached hydrogen (secondary N) is 1. The van der Waals surface area contributed by atoms with Gasteiger partial charge in [-0.25, -0.2) is 9.97 Å². The van der Waals surface area contributed by atoms with Gasteiger partial charge in [-0.2, -0.15) is 0 Å². The summed E-state index contributed by atoms with van der Waals surface area (Å²) in [4.78, 5) is 23.5. The van der Waals surface area contributed by atoms with E-state index in [1.165, 1.54) is 28.6 Å². The number of carbonyl (C=O) groups is 1. The predicted octanol–water partition coefficient (Wildman–Crippen LogP) is 4.13. The zero-order valence-corrected chi connectivity index (χ0v) is 16.1. The number of rotatable bonds is 4. The highest BCUT2D eigenvalue weighted by atomic mass is 32.2. The van der Waals surface area contributed by atoms with Crippen molar-refractivity contribution in [2.75, 3.05) is 16.8 Å². The molecular weight excluding hydrogens is 364 g/mol. The standard InChI is InChI=1S/C19H20N4OS2/c1-11-7-8-13-14(9-11)26-18-16(13)17(20)22-19(23-18)25-10-15(24)21-12-5-3-2-4-6-12/h2-6,11H,7-10H2,1H3,(H,21,24)(H2,20,22,23)/t11-/m0/s1. The summed E-state index contributed by atoms with van der Waals surface area (Å²) in [7, 11) is 0. The second kappa shape index (κ2) is 7.25. The molecule has 1 aliphatic carbocycles. The summed E-state index contributed by atoms with van der Waals surface area (Å²) in [5, 5.41) is 4.45. The number of nitrogens with two attached hydrogens (primary N) is 1. The average Bonchev–Trinajstić information content (AvgIpc) is 2.98. The van der Waals surface area contributed by atoms with Crippen LogP contribution in [0.4, 0.5) is 11.5 Å². The number of anilines is 2. The molecule has 0 unspecified atom stereocenters. The second-order valence-corrected chi connectivity index (χ2v) is 8.65. The van der Waals surface area contributed by atoms with Crippen molar-refractivity contribution in [1.82, 2.24) is 9.97 Å². The maximum absolute atomic E-state index is 12.1. The van der Waals surface area contributed by atoms with E-state index in [1.807, 2.05) is 30.3 Å². The molecule has 5 nitrogen and oxygen atoms in total. The van der Waals surface area contributed by atoms with Crippen LogP contribution in [0.1, 0.15) is 23.8 Å². The summed E-state index contributed by atoms with van der Waals surface area (Å²) in [5.41, 5.74) is 8.35. The first-order valence-corrected chi connectivity index (χ1v) is 10.5. The number of aromatic nitrogens is 2. The van der Waals surface area contributed by atoms with Crippen LogP contribution in [0.25, 0.3) is 10.2 Å². The van der Waals surface area contributed by atoms with Gasteiger partial charge < -0.3 is 11.1 Å². The third-order valence-electron chi connectivity index (χ3n) is 4.55. The second-order valence-electron chi connectivity index (χ2n) is 6.63. The van der Waals surface area contributed by atoms with Gasteiger partial charge >= 0.3 is 0 Å². The minimum atomic E-state index is -0.0808. The molecular formula is C19H20N4OS2. The van der Waals surface area contributed by atoms with E-state index in [-0.39, 0.29) is 11.7 Å². The van der Waals surface area contributed by atoms with E-state index in [2.05, 4.69) is 22.2 Å². The van der Waals surface area contributed by atoms with Gasteiger partial charge in [0.15, 0.2) is 5.16 Å². The molecule has 1 amide bonds. The summed E-state index contributed by atoms with van der Waals surface area (Å²) in [6.07, 6.45) is 3.34. The largest absolute Gasteiger partial charge is 0.383 e. The maximum Gasteiger partial charge on any atom is 0.234 e. The van der Waals surface area contributed by atoms with Crippen LogP contribution < -0.4 is 11.1 Å². The molecule has 1 aromatic carbocycles. The summed E-state index contributed by atoms with van der Waals surface area (Å²) >= 11 is 3.04. The minimum absolute atomic E-state index is 0.0808. The first-order valence-electron chi connectivity index (χ1n) is 8.65. The Balaban J connectivity index is 1.50. The SMILES string of the molecule is C[C@H]1CCc2c(sc3nc(SCC(=O)Nc4ccccc4)nc(N)c23)C1. The molecule has 0 radical (unpaired) electrons. The van der Waals surface area contributed by atoms with Gasteiger partial charge in [-0.15, -0.1) is 11.3 Å². The molecule has 1 atom stereocenters. The molecule has 26 heavy (non-hydrogen) atoms. The van der Waals surface area contributed by atoms with E-state index in [0.717, 1.165) is 28.7 Å². The summed E-state index contributed by atoms with van der Waals surface area (Å²) < 4.78 is 0. The molecule has 0 aliphatic heterocycles. The Bertz CT molecular complexity index is 955. The lowest BCUT2D eigenvalue weighted by Crippen LogP contribution is -2.14. The predicted molar refractivity (Wildman–Crippen MR) is 109 cm³/mol. The molecule has 134 valence electrons. The highest BCUT2D eigenvalue weighted by Crippen LogP contribution is 2.39. The smallest absolute Gasteiger partial charge is 0.234 e. The number of nitrogen functional groups attached to an aromatic ring is 1. The molecule has 0 saturated heterocycles. The number of thioether (sulfide) groups is 1. The lowest BCUT2D eigenvalue weighted by atomic mass is 9.89. The third-order valence-corrected chi connectivity index (χ3v) is 6.55. The highest BCUT2D eigenvalue weighted by Gasteiger charge is 2.23. The van der Waals surface area contributed by atoms with E-state index in [4.69, 9.17) is 5.73 Å². The van der Waals surface area contributed by atoms with Gasteiger partial charge in [0.1, 0.15) is 10.6 Å². The van der Waals surface area contributed by atoms with Gasteiger partial charge in [-0.3, -0.25) is 4.79 Å². The van der Waals surface area contributed by atoms with E-state index < -0.39 is 0 Å². The number of aryl methyl sites for hydroxylation is 1. The number of nitrogens with zero attached hydrogens (tertiary/aromatic N) is 2. The van der Waals surface area contributed by atoms with Crippen molar-refractivity contribution in [2.45, 2.75) is 31.3 Å². The Kier molecular flexibility index (Phi) is 4.82. The fourth-order valence-corrected chi connectivity index (χ4v) is 5.36. The van der Waals surface area contributed by atoms with Gasteiger partial charge in [0.2, 0.25) is 5.91 Å². The maximum atomic E-state index is 12.1. The number of para-hydroxylation sites is 1. The van der Waals surface area contributed by atoms with E-state index in [0.29, 0.717) is 16.9 Å². The van der Waals surface area contributed by atoms with Crippen molar-refractivity contribution in [3.05, 3.63) is 40.8 Å². The lowest BCUT2D eigenvalue weighted by Gasteiger charge is -2.17. The van der Waals surface area contributed by atoms with Crippen LogP contribution in [0.15, 0.2) is 35.5 Å². The molecule has 0 spiro atoms. The van der Waals surface area contributed by atoms with Crippen molar-refractivity contribution in [1.29, 1.82) is 0 Å². The summed E-state index contributed by atoms with van der Waals surface area (Å²) in [5.74, 6) is 1.41. The molecule has 7 heteroatoms. The van der Waals surface area contributed by atoms with Crippen LogP contribution in [0.3, 0.4) is 0 Å². The van der Waals surface area contributed by atoms with Crippen molar-refractivity contribution in [3.63, 3.8) is 0 Å². The van der Waals surface area contributed by atoms with Crippen molar-refractivity contribution >= 4 is 50.7 Å². The Morgan fingerprint density at radius 1 is 1.35 bits per heavy atom. The number of hydrogen-bond acceptors (Lipinski definition) is 6. The van der Waals surface area contributed by atoms with Gasteiger partial charge in [-0.05, 0) is 42.9 Å². The van der Waals surface area contributed by atoms with Crippen molar-refractivity contribution in [2.24, 2.45) is 5.92 Å². The van der Waals surface area contributed by atoms with Gasteiger partial charge in [0, 0.05) is 10.6 Å². The zero-order valence-electron chi connectivity index (χ0n) is 14.5. The molecule has 2 aromatic heterocycles. The fraction of sp³-hybridized carbons (Fsp3) is 0.316. The first-order chi connectivity index (χ1) is 12.6. The lowest BCUT2D eigenvalue weighted by molar-refractivity contribution is -0.113. The molecule has 0 fully saturated rings. The Morgan fingerprint density at radius 2 is 2.15 bits per heavy atom. The van der Waals surface area contributed by atoms with E-state index >= 15 is 0 Å². The zero-order chi connectivity index (χ0) is 18.1. The number of benzene rings is 1. The van der Waals surface area contributed by atoms with Gasteiger partial charge in [0.25, 0.3) is 0 Å². The summed E-state index contributed by atoms with van der Waals surface area (Å²) in [6, 6.07) is 9.41. The topological polar surface area (TPSA) is 80.9 Å². The fourth-order valence-electron chi connectivity index (χ4n) is 3.26. The number of hydrogen-bond donors (Lipinski definition) is 2. The first kappa shape index (κ1) is 17.3. The number of fused-ring (bicyclic) bond motifs is 3. The monoisotopic (exact) mass is 384 g/mol. The van der Waals surface area contributed by atoms with E-state index in [9.17, 15) is 4.79 Å². The van der Waals surface area contributed by atoms with Crippen LogP contribution in [0.5, 0.6) is 0 Å². The van der Waals surface area contributed by atoms with Crippen LogP contribution in [-0.2, 0) is 17.6 Å². The average molecular weight is 385 g/mol. The third kappa shape index (κ3) is 3.54. The molecule has 0 saturated carbocycles. The number of thiophene rings is 1. The van der Waals surface area contributed by atoms with Gasteiger partial charge in [0.05, 0.1) is 11.1 Å². The highest BCUT2D eigenvalue weighted by molar-refractivity contribution is 7.99. The molecule has 3 N–H and O–H groups in total. The number of amides is 1. The molecule has 4 rings (SSSR count). The van der Waals surface area contributed by atoms with Gasteiger partial charge in [-0.1, -0.05) is 36.9 Å². The van der Waals surface area contributed by atoms with Crippen LogP contribution in [0.2, 0.25) is 0 Å². The van der Waals surface area contributed by atoms with Crippen LogP contribution in [0, 0.1) is 5.92 Å². The number of carbonyl (C=O) groups excluding carboxylic acids is 1. The van der Waals surface area contributed by atoms with Crippen LogP contribution in [-0.4, -0.2) is 21.6 Å². The molecule has 1 aliphatic rings. The van der Waals surface area contributed by atoms with Crippen molar-refractivity contribution in [3.8, 4) is 0 Å². The minimum Gasteiger partial charge on any atom is -0.383 e. The molecule has 2 heterocycles. The quantitative estimate of drug-likeness (QED) is 0.522. The van der Waals surface area contributed by atoms with Crippen LogP contribution >= 0.6 is 23.1 Å². The molecule has 3 aromatic rings. The Hall–Kier alpha value is -2.12.